The Hall–Kier alpha value is -0.300. The van der Waals surface area contributed by atoms with E-state index in [1.807, 2.05) is 11.3 Å². The van der Waals surface area contributed by atoms with Crippen molar-refractivity contribution in [1.82, 2.24) is 0 Å². The van der Waals surface area contributed by atoms with E-state index in [1.54, 1.807) is 16.0 Å². The monoisotopic (exact) mass is 168 g/mol. The van der Waals surface area contributed by atoms with Crippen LogP contribution in [0.3, 0.4) is 0 Å². The van der Waals surface area contributed by atoms with E-state index < -0.39 is 0 Å². The van der Waals surface area contributed by atoms with Gasteiger partial charge in [0, 0.05) is 4.88 Å². The average Bonchev–Trinajstić information content (AvgIpc) is 2.34. The van der Waals surface area contributed by atoms with Crippen molar-refractivity contribution in [2.24, 2.45) is 0 Å². The van der Waals surface area contributed by atoms with Gasteiger partial charge in [-0.25, -0.2) is 0 Å². The highest BCUT2D eigenvalue weighted by atomic mass is 32.1. The molecule has 0 aromatic carbocycles. The maximum atomic E-state index is 2.31. The summed E-state index contributed by atoms with van der Waals surface area (Å²) in [6, 6.07) is 0. The number of hydrogen-bond acceptors (Lipinski definition) is 1. The SMILES string of the molecule is CCCc1scc(CC)c1C. The van der Waals surface area contributed by atoms with Gasteiger partial charge in [-0.15, -0.1) is 11.3 Å². The highest BCUT2D eigenvalue weighted by Crippen LogP contribution is 2.23. The fourth-order valence-corrected chi connectivity index (χ4v) is 2.58. The normalized spacial score (nSPS) is 10.5. The van der Waals surface area contributed by atoms with Crippen LogP contribution in [0.15, 0.2) is 5.38 Å². The summed E-state index contributed by atoms with van der Waals surface area (Å²) in [7, 11) is 0. The molecule has 0 amide bonds. The van der Waals surface area contributed by atoms with E-state index in [9.17, 15) is 0 Å². The molecule has 0 aliphatic rings. The molecule has 0 radical (unpaired) electrons. The zero-order chi connectivity index (χ0) is 8.27. The number of aryl methyl sites for hydroxylation is 2. The number of hydrogen-bond donors (Lipinski definition) is 0. The van der Waals surface area contributed by atoms with E-state index in [2.05, 4.69) is 26.2 Å². The minimum atomic E-state index is 1.19. The van der Waals surface area contributed by atoms with Crippen molar-refractivity contribution < 1.29 is 0 Å². The van der Waals surface area contributed by atoms with Gasteiger partial charge in [0.1, 0.15) is 0 Å². The molecule has 1 aromatic heterocycles. The molecular formula is C10H16S. The Morgan fingerprint density at radius 2 is 2.09 bits per heavy atom. The number of rotatable bonds is 3. The molecule has 0 fully saturated rings. The Bertz CT molecular complexity index is 223. The summed E-state index contributed by atoms with van der Waals surface area (Å²) in [5, 5.41) is 2.31. The van der Waals surface area contributed by atoms with Crippen LogP contribution < -0.4 is 0 Å². The minimum Gasteiger partial charge on any atom is -0.148 e. The van der Waals surface area contributed by atoms with Gasteiger partial charge in [0.05, 0.1) is 0 Å². The first-order valence-corrected chi connectivity index (χ1v) is 5.23. The van der Waals surface area contributed by atoms with Crippen LogP contribution in [0.4, 0.5) is 0 Å². The predicted molar refractivity (Wildman–Crippen MR) is 52.4 cm³/mol. The van der Waals surface area contributed by atoms with Gasteiger partial charge in [0.2, 0.25) is 0 Å². The van der Waals surface area contributed by atoms with E-state index in [0.717, 1.165) is 0 Å². The molecule has 0 bridgehead atoms. The van der Waals surface area contributed by atoms with Gasteiger partial charge in [0.15, 0.2) is 0 Å². The van der Waals surface area contributed by atoms with E-state index in [-0.39, 0.29) is 0 Å². The lowest BCUT2D eigenvalue weighted by Gasteiger charge is -1.97. The molecule has 1 heteroatoms. The summed E-state index contributed by atoms with van der Waals surface area (Å²) in [4.78, 5) is 1.59. The molecule has 0 saturated heterocycles. The third kappa shape index (κ3) is 1.84. The van der Waals surface area contributed by atoms with Crippen molar-refractivity contribution in [3.8, 4) is 0 Å². The van der Waals surface area contributed by atoms with Crippen LogP contribution in [0, 0.1) is 6.92 Å². The summed E-state index contributed by atoms with van der Waals surface area (Å²) < 4.78 is 0. The summed E-state index contributed by atoms with van der Waals surface area (Å²) in [5.41, 5.74) is 3.08. The molecule has 1 aromatic rings. The van der Waals surface area contributed by atoms with Gasteiger partial charge in [0.25, 0.3) is 0 Å². The molecule has 11 heavy (non-hydrogen) atoms. The van der Waals surface area contributed by atoms with E-state index in [0.29, 0.717) is 0 Å². The minimum absolute atomic E-state index is 1.19. The predicted octanol–water partition coefficient (Wildman–Crippen LogP) is 3.57. The second kappa shape index (κ2) is 3.91. The molecule has 1 heterocycles. The maximum Gasteiger partial charge on any atom is 0.00771 e. The Labute approximate surface area is 73.3 Å². The molecule has 0 aliphatic carbocycles. The van der Waals surface area contributed by atoms with Gasteiger partial charge >= 0.3 is 0 Å². The molecule has 0 saturated carbocycles. The van der Waals surface area contributed by atoms with Crippen LogP contribution in [0.1, 0.15) is 36.3 Å². The second-order valence-electron chi connectivity index (χ2n) is 2.91. The highest BCUT2D eigenvalue weighted by molar-refractivity contribution is 7.10. The average molecular weight is 168 g/mol. The van der Waals surface area contributed by atoms with Crippen molar-refractivity contribution in [1.29, 1.82) is 0 Å². The van der Waals surface area contributed by atoms with Crippen LogP contribution >= 0.6 is 11.3 Å². The van der Waals surface area contributed by atoms with Crippen LogP contribution in [-0.4, -0.2) is 0 Å². The molecule has 0 N–H and O–H groups in total. The van der Waals surface area contributed by atoms with E-state index in [4.69, 9.17) is 0 Å². The topological polar surface area (TPSA) is 0 Å². The molecule has 0 unspecified atom stereocenters. The smallest absolute Gasteiger partial charge is 0.00771 e. The van der Waals surface area contributed by atoms with Crippen molar-refractivity contribution in [2.75, 3.05) is 0 Å². The molecule has 0 atom stereocenters. The zero-order valence-corrected chi connectivity index (χ0v) is 8.42. The van der Waals surface area contributed by atoms with Gasteiger partial charge in [-0.2, -0.15) is 0 Å². The van der Waals surface area contributed by atoms with Crippen LogP contribution in [-0.2, 0) is 12.8 Å². The van der Waals surface area contributed by atoms with Crippen LogP contribution in [0.2, 0.25) is 0 Å². The fourth-order valence-electron chi connectivity index (χ4n) is 1.32. The molecule has 0 spiro atoms. The summed E-state index contributed by atoms with van der Waals surface area (Å²) in [6.45, 7) is 6.72. The standard InChI is InChI=1S/C10H16S/c1-4-6-10-8(3)9(5-2)7-11-10/h7H,4-6H2,1-3H3. The zero-order valence-electron chi connectivity index (χ0n) is 7.61. The van der Waals surface area contributed by atoms with Gasteiger partial charge in [-0.1, -0.05) is 20.3 Å². The lowest BCUT2D eigenvalue weighted by Crippen LogP contribution is -1.84. The van der Waals surface area contributed by atoms with E-state index >= 15 is 0 Å². The third-order valence-electron chi connectivity index (χ3n) is 2.10. The Morgan fingerprint density at radius 3 is 2.55 bits per heavy atom. The summed E-state index contributed by atoms with van der Waals surface area (Å²) in [5.74, 6) is 0. The molecular weight excluding hydrogens is 152 g/mol. The Kier molecular flexibility index (Phi) is 3.13. The van der Waals surface area contributed by atoms with E-state index in [1.165, 1.54) is 19.3 Å². The number of thiophene rings is 1. The summed E-state index contributed by atoms with van der Waals surface area (Å²) in [6.07, 6.45) is 3.72. The van der Waals surface area contributed by atoms with Crippen molar-refractivity contribution in [3.05, 3.63) is 21.4 Å². The third-order valence-corrected chi connectivity index (χ3v) is 3.30. The second-order valence-corrected chi connectivity index (χ2v) is 3.88. The first kappa shape index (κ1) is 8.79. The van der Waals surface area contributed by atoms with Crippen LogP contribution in [0.25, 0.3) is 0 Å². The van der Waals surface area contributed by atoms with Crippen LogP contribution in [0.5, 0.6) is 0 Å². The summed E-state index contributed by atoms with van der Waals surface area (Å²) >= 11 is 1.93. The largest absolute Gasteiger partial charge is 0.148 e. The Morgan fingerprint density at radius 1 is 1.36 bits per heavy atom. The van der Waals surface area contributed by atoms with Crippen molar-refractivity contribution in [3.63, 3.8) is 0 Å². The molecule has 62 valence electrons. The lowest BCUT2D eigenvalue weighted by atomic mass is 10.1. The van der Waals surface area contributed by atoms with Gasteiger partial charge in [-0.05, 0) is 36.3 Å². The fraction of sp³-hybridized carbons (Fsp3) is 0.600. The molecule has 0 nitrogen and oxygen atoms in total. The van der Waals surface area contributed by atoms with Gasteiger partial charge < -0.3 is 0 Å². The maximum absolute atomic E-state index is 2.31. The highest BCUT2D eigenvalue weighted by Gasteiger charge is 2.03. The van der Waals surface area contributed by atoms with Gasteiger partial charge in [-0.3, -0.25) is 0 Å². The van der Waals surface area contributed by atoms with Crippen molar-refractivity contribution >= 4 is 11.3 Å². The molecule has 1 rings (SSSR count). The first-order chi connectivity index (χ1) is 5.29. The Balaban J connectivity index is 2.82. The first-order valence-electron chi connectivity index (χ1n) is 4.35. The quantitative estimate of drug-likeness (QED) is 0.647. The van der Waals surface area contributed by atoms with Crippen molar-refractivity contribution in [2.45, 2.75) is 40.0 Å². The molecule has 0 aliphatic heterocycles. The lowest BCUT2D eigenvalue weighted by molar-refractivity contribution is 0.928.